The fourth-order valence-electron chi connectivity index (χ4n) is 3.38. The Hall–Kier alpha value is -3.62. The van der Waals surface area contributed by atoms with Gasteiger partial charge in [0, 0.05) is 35.4 Å². The van der Waals surface area contributed by atoms with Gasteiger partial charge in [0.15, 0.2) is 0 Å². The molecule has 34 heavy (non-hydrogen) atoms. The second-order valence-electron chi connectivity index (χ2n) is 7.49. The summed E-state index contributed by atoms with van der Waals surface area (Å²) in [6, 6.07) is 8.23. The van der Waals surface area contributed by atoms with Gasteiger partial charge in [-0.25, -0.2) is 14.4 Å². The van der Waals surface area contributed by atoms with Crippen molar-refractivity contribution in [2.75, 3.05) is 11.9 Å². The van der Waals surface area contributed by atoms with Gasteiger partial charge in [-0.1, -0.05) is 23.7 Å². The Bertz CT molecular complexity index is 1330. The summed E-state index contributed by atoms with van der Waals surface area (Å²) in [4.78, 5) is 25.6. The predicted molar refractivity (Wildman–Crippen MR) is 134 cm³/mol. The molecule has 176 valence electrons. The molecule has 0 saturated carbocycles. The lowest BCUT2D eigenvalue weighted by atomic mass is 10.1. The van der Waals surface area contributed by atoms with E-state index in [2.05, 4.69) is 27.0 Å². The number of pyridine rings is 1. The summed E-state index contributed by atoms with van der Waals surface area (Å²) in [5.41, 5.74) is 3.64. The van der Waals surface area contributed by atoms with E-state index in [9.17, 15) is 14.3 Å². The van der Waals surface area contributed by atoms with Crippen molar-refractivity contribution in [3.63, 3.8) is 0 Å². The number of benzene rings is 1. The zero-order valence-corrected chi connectivity index (χ0v) is 19.8. The molecule has 1 atom stereocenters. The average Bonchev–Trinajstić information content (AvgIpc) is 2.85. The largest absolute Gasteiger partial charge is 0.394 e. The highest BCUT2D eigenvalue weighted by Crippen LogP contribution is 2.24. The minimum atomic E-state index is -0.760. The lowest BCUT2D eigenvalue weighted by molar-refractivity contribution is 0.247. The molecule has 0 aliphatic rings. The van der Waals surface area contributed by atoms with Gasteiger partial charge in [0.2, 0.25) is 5.95 Å². The number of nitrogens with zero attached hydrogens (tertiary/aromatic N) is 4. The van der Waals surface area contributed by atoms with E-state index < -0.39 is 11.9 Å². The van der Waals surface area contributed by atoms with Crippen LogP contribution in [0.2, 0.25) is 5.02 Å². The number of aromatic nitrogens is 3. The predicted octanol–water partition coefficient (Wildman–Crippen LogP) is 4.99. The number of anilines is 1. The molecule has 0 amide bonds. The molecule has 0 spiro atoms. The van der Waals surface area contributed by atoms with Crippen LogP contribution >= 0.6 is 11.6 Å². The third-order valence-electron chi connectivity index (χ3n) is 5.46. The van der Waals surface area contributed by atoms with Crippen LogP contribution in [0.15, 0.2) is 81.6 Å². The first-order chi connectivity index (χ1) is 16.3. The van der Waals surface area contributed by atoms with Crippen molar-refractivity contribution in [1.82, 2.24) is 14.5 Å². The third-order valence-corrected chi connectivity index (χ3v) is 5.76. The molecule has 0 unspecified atom stereocenters. The van der Waals surface area contributed by atoms with Gasteiger partial charge in [0.25, 0.3) is 5.56 Å². The zero-order valence-electron chi connectivity index (χ0n) is 19.1. The number of aliphatic imine (C=N–C) groups is 1. The summed E-state index contributed by atoms with van der Waals surface area (Å²) >= 11 is 5.75. The van der Waals surface area contributed by atoms with Crippen LogP contribution in [0.1, 0.15) is 32.4 Å². The first-order valence-corrected chi connectivity index (χ1v) is 10.9. The SMILES string of the molecule is C=N/C(C)=C(C)\C(=C/C)Nc1nccc(-c2ccn([C@H](CO)c3ccc(Cl)c(F)c3)c(=O)c2)n1. The Labute approximate surface area is 202 Å². The summed E-state index contributed by atoms with van der Waals surface area (Å²) in [7, 11) is 0. The second-order valence-corrected chi connectivity index (χ2v) is 7.90. The Morgan fingerprint density at radius 3 is 2.71 bits per heavy atom. The van der Waals surface area contributed by atoms with Crippen molar-refractivity contribution in [1.29, 1.82) is 0 Å². The molecule has 3 rings (SSSR count). The molecule has 0 bridgehead atoms. The Kier molecular flexibility index (Phi) is 8.09. The molecule has 2 N–H and O–H groups in total. The monoisotopic (exact) mass is 481 g/mol. The summed E-state index contributed by atoms with van der Waals surface area (Å²) in [5, 5.41) is 13.0. The number of aliphatic hydroxyl groups excluding tert-OH is 1. The topological polar surface area (TPSA) is 92.4 Å². The number of rotatable bonds is 8. The average molecular weight is 482 g/mol. The number of hydrogen-bond acceptors (Lipinski definition) is 6. The Morgan fingerprint density at radius 2 is 2.09 bits per heavy atom. The van der Waals surface area contributed by atoms with E-state index in [4.69, 9.17) is 11.6 Å². The maximum absolute atomic E-state index is 13.9. The van der Waals surface area contributed by atoms with Crippen LogP contribution in [0, 0.1) is 5.82 Å². The van der Waals surface area contributed by atoms with Crippen LogP contribution in [0.3, 0.4) is 0 Å². The standard InChI is InChI=1S/C25H25ClFN5O2/c1-5-21(15(2)16(3)28-4)30-25-29-10-8-22(31-25)17-9-11-32(24(34)13-17)23(14-33)18-6-7-19(26)20(27)12-18/h5-13,23,33H,4,14H2,1-3H3,(H,29,30,31)/b16-15-,21-5+/t23-/m1/s1. The Morgan fingerprint density at radius 1 is 1.32 bits per heavy atom. The third kappa shape index (κ3) is 5.47. The van der Waals surface area contributed by atoms with Gasteiger partial charge in [0.1, 0.15) is 5.82 Å². The van der Waals surface area contributed by atoms with Crippen LogP contribution in [-0.4, -0.2) is 33.0 Å². The summed E-state index contributed by atoms with van der Waals surface area (Å²) in [6.45, 7) is 8.83. The molecule has 0 radical (unpaired) electrons. The van der Waals surface area contributed by atoms with E-state index in [0.717, 1.165) is 17.0 Å². The Balaban J connectivity index is 1.92. The van der Waals surface area contributed by atoms with Crippen molar-refractivity contribution in [2.45, 2.75) is 26.8 Å². The van der Waals surface area contributed by atoms with Gasteiger partial charge in [-0.05, 0) is 62.9 Å². The maximum Gasteiger partial charge on any atom is 0.251 e. The fraction of sp³-hybridized carbons (Fsp3) is 0.200. The van der Waals surface area contributed by atoms with E-state index >= 15 is 0 Å². The number of aliphatic hydroxyl groups is 1. The van der Waals surface area contributed by atoms with Crippen molar-refractivity contribution < 1.29 is 9.50 Å². The summed E-state index contributed by atoms with van der Waals surface area (Å²) in [6.07, 6.45) is 5.02. The number of halogens is 2. The van der Waals surface area contributed by atoms with Gasteiger partial charge >= 0.3 is 0 Å². The molecular weight excluding hydrogens is 457 g/mol. The highest BCUT2D eigenvalue weighted by Gasteiger charge is 2.17. The normalized spacial score (nSPS) is 13.3. The van der Waals surface area contributed by atoms with Crippen LogP contribution < -0.4 is 10.9 Å². The van der Waals surface area contributed by atoms with Crippen LogP contribution in [0.4, 0.5) is 10.3 Å². The smallest absolute Gasteiger partial charge is 0.251 e. The quantitative estimate of drug-likeness (QED) is 0.349. The molecule has 0 fully saturated rings. The molecular formula is C25H25ClFN5O2. The van der Waals surface area contributed by atoms with E-state index in [-0.39, 0.29) is 17.2 Å². The number of allylic oxidation sites excluding steroid dienone is 3. The highest BCUT2D eigenvalue weighted by molar-refractivity contribution is 6.30. The first-order valence-electron chi connectivity index (χ1n) is 10.5. The van der Waals surface area contributed by atoms with Crippen LogP contribution in [0.25, 0.3) is 11.3 Å². The second kappa shape index (κ2) is 11.0. The highest BCUT2D eigenvalue weighted by atomic mass is 35.5. The van der Waals surface area contributed by atoms with Gasteiger partial charge in [-0.2, -0.15) is 0 Å². The minimum absolute atomic E-state index is 0.0287. The first kappa shape index (κ1) is 25.0. The molecule has 2 aromatic heterocycles. The molecule has 0 aliphatic carbocycles. The zero-order chi connectivity index (χ0) is 24.8. The van der Waals surface area contributed by atoms with Crippen LogP contribution in [-0.2, 0) is 0 Å². The number of hydrogen-bond donors (Lipinski definition) is 2. The van der Waals surface area contributed by atoms with E-state index in [1.54, 1.807) is 30.6 Å². The molecule has 9 heteroatoms. The lowest BCUT2D eigenvalue weighted by Gasteiger charge is -2.18. The molecule has 0 aliphatic heterocycles. The molecule has 0 saturated heterocycles. The molecule has 2 heterocycles. The van der Waals surface area contributed by atoms with Crippen LogP contribution in [0.5, 0.6) is 0 Å². The lowest BCUT2D eigenvalue weighted by Crippen LogP contribution is -2.27. The van der Waals surface area contributed by atoms with Crippen molar-refractivity contribution in [3.05, 3.63) is 98.6 Å². The fourth-order valence-corrected chi connectivity index (χ4v) is 3.49. The summed E-state index contributed by atoms with van der Waals surface area (Å²) < 4.78 is 15.2. The van der Waals surface area contributed by atoms with Gasteiger partial charge in [-0.3, -0.25) is 9.79 Å². The summed E-state index contributed by atoms with van der Waals surface area (Å²) in [5.74, 6) is -0.260. The number of nitrogens with one attached hydrogen (secondary N) is 1. The van der Waals surface area contributed by atoms with Crippen molar-refractivity contribution in [2.24, 2.45) is 4.99 Å². The van der Waals surface area contributed by atoms with Gasteiger partial charge in [0.05, 0.1) is 23.4 Å². The molecule has 7 nitrogen and oxygen atoms in total. The van der Waals surface area contributed by atoms with E-state index in [1.807, 2.05) is 26.8 Å². The van der Waals surface area contributed by atoms with Crippen molar-refractivity contribution in [3.8, 4) is 11.3 Å². The van der Waals surface area contributed by atoms with Gasteiger partial charge in [-0.15, -0.1) is 0 Å². The van der Waals surface area contributed by atoms with E-state index in [0.29, 0.717) is 22.8 Å². The molecule has 3 aromatic rings. The van der Waals surface area contributed by atoms with Gasteiger partial charge < -0.3 is 15.0 Å². The van der Waals surface area contributed by atoms with E-state index in [1.165, 1.54) is 22.8 Å². The molecule has 1 aromatic carbocycles. The van der Waals surface area contributed by atoms with Crippen molar-refractivity contribution >= 4 is 24.3 Å². The maximum atomic E-state index is 13.9. The minimum Gasteiger partial charge on any atom is -0.394 e.